The first-order chi connectivity index (χ1) is 22.4. The first kappa shape index (κ1) is 46.9. The highest BCUT2D eigenvalue weighted by atomic mass is 16.5. The van der Waals surface area contributed by atoms with Gasteiger partial charge in [-0.3, -0.25) is 9.59 Å². The SMILES string of the molecule is CCCCCCCCCC(=O)OCC(O)CO.CCCCCCCCCCCCCCCCCCCCCC(=O)OCC(O)CO. The van der Waals surface area contributed by atoms with Crippen LogP contribution < -0.4 is 0 Å². The molecule has 0 aromatic heterocycles. The molecular weight excluding hydrogens is 584 g/mol. The maximum Gasteiger partial charge on any atom is 0.305 e. The van der Waals surface area contributed by atoms with Crippen LogP contribution in [-0.4, -0.2) is 71.0 Å². The highest BCUT2D eigenvalue weighted by molar-refractivity contribution is 5.69. The van der Waals surface area contributed by atoms with Crippen molar-refractivity contribution in [3.63, 3.8) is 0 Å². The van der Waals surface area contributed by atoms with E-state index in [0.717, 1.165) is 25.7 Å². The molecule has 0 saturated carbocycles. The van der Waals surface area contributed by atoms with Crippen LogP contribution in [0.4, 0.5) is 0 Å². The molecule has 0 aliphatic heterocycles. The fraction of sp³-hybridized carbons (Fsp3) is 0.947. The molecular formula is C38H76O8. The molecule has 8 nitrogen and oxygen atoms in total. The van der Waals surface area contributed by atoms with Gasteiger partial charge in [-0.2, -0.15) is 0 Å². The van der Waals surface area contributed by atoms with Gasteiger partial charge in [-0.15, -0.1) is 0 Å². The first-order valence-corrected chi connectivity index (χ1v) is 19.3. The number of hydrogen-bond donors (Lipinski definition) is 4. The molecule has 0 rings (SSSR count). The van der Waals surface area contributed by atoms with Crippen LogP contribution in [0.3, 0.4) is 0 Å². The minimum absolute atomic E-state index is 0.103. The van der Waals surface area contributed by atoms with Crippen LogP contribution in [-0.2, 0) is 19.1 Å². The lowest BCUT2D eigenvalue weighted by atomic mass is 10.0. The molecule has 0 saturated heterocycles. The fourth-order valence-electron chi connectivity index (χ4n) is 5.20. The Morgan fingerprint density at radius 2 is 0.630 bits per heavy atom. The van der Waals surface area contributed by atoms with Gasteiger partial charge < -0.3 is 29.9 Å². The summed E-state index contributed by atoms with van der Waals surface area (Å²) in [6.07, 6.45) is 32.5. The highest BCUT2D eigenvalue weighted by Gasteiger charge is 2.08. The van der Waals surface area contributed by atoms with Crippen molar-refractivity contribution >= 4 is 11.9 Å². The van der Waals surface area contributed by atoms with Gasteiger partial charge in [-0.05, 0) is 12.8 Å². The van der Waals surface area contributed by atoms with Crippen molar-refractivity contribution in [3.05, 3.63) is 0 Å². The van der Waals surface area contributed by atoms with Gasteiger partial charge in [0.15, 0.2) is 0 Å². The number of aliphatic hydroxyl groups excluding tert-OH is 4. The lowest BCUT2D eigenvalue weighted by molar-refractivity contribution is -0.148. The third-order valence-corrected chi connectivity index (χ3v) is 8.26. The summed E-state index contributed by atoms with van der Waals surface area (Å²) in [6, 6.07) is 0. The smallest absolute Gasteiger partial charge is 0.305 e. The quantitative estimate of drug-likeness (QED) is 0.0398. The summed E-state index contributed by atoms with van der Waals surface area (Å²) in [4.78, 5) is 22.6. The Kier molecular flexibility index (Phi) is 40.7. The van der Waals surface area contributed by atoms with Crippen molar-refractivity contribution < 1.29 is 39.5 Å². The van der Waals surface area contributed by atoms with E-state index in [1.165, 1.54) is 141 Å². The minimum atomic E-state index is -0.955. The Morgan fingerprint density at radius 3 is 0.848 bits per heavy atom. The average Bonchev–Trinajstić information content (AvgIpc) is 3.06. The molecule has 0 fully saturated rings. The van der Waals surface area contributed by atoms with Crippen molar-refractivity contribution in [2.75, 3.05) is 26.4 Å². The van der Waals surface area contributed by atoms with Crippen molar-refractivity contribution in [2.24, 2.45) is 0 Å². The monoisotopic (exact) mass is 661 g/mol. The molecule has 0 aromatic rings. The van der Waals surface area contributed by atoms with Gasteiger partial charge in [0, 0.05) is 12.8 Å². The highest BCUT2D eigenvalue weighted by Crippen LogP contribution is 2.15. The third kappa shape index (κ3) is 40.8. The Hall–Kier alpha value is -1.22. The van der Waals surface area contributed by atoms with Gasteiger partial charge in [0.05, 0.1) is 13.2 Å². The van der Waals surface area contributed by atoms with Crippen molar-refractivity contribution in [1.29, 1.82) is 0 Å². The van der Waals surface area contributed by atoms with E-state index in [0.29, 0.717) is 12.8 Å². The normalized spacial score (nSPS) is 12.3. The Bertz CT molecular complexity index is 616. The van der Waals surface area contributed by atoms with Gasteiger partial charge in [-0.25, -0.2) is 0 Å². The Balaban J connectivity index is 0. The summed E-state index contributed by atoms with van der Waals surface area (Å²) < 4.78 is 9.67. The number of hydrogen-bond acceptors (Lipinski definition) is 8. The largest absolute Gasteiger partial charge is 0.463 e. The number of esters is 2. The zero-order valence-electron chi connectivity index (χ0n) is 30.2. The van der Waals surface area contributed by atoms with Gasteiger partial charge in [0.1, 0.15) is 25.4 Å². The third-order valence-electron chi connectivity index (χ3n) is 8.26. The second-order valence-corrected chi connectivity index (χ2v) is 13.0. The first-order valence-electron chi connectivity index (χ1n) is 19.3. The zero-order chi connectivity index (χ0) is 34.4. The van der Waals surface area contributed by atoms with Gasteiger partial charge in [0.2, 0.25) is 0 Å². The van der Waals surface area contributed by atoms with E-state index < -0.39 is 12.2 Å². The molecule has 0 aliphatic carbocycles. The standard InChI is InChI=1S/C25H50O4.C13H26O4/c1-2-3-4-5-6-7-8-9-10-11-12-13-14-15-16-17-18-19-20-21-25(28)29-23-24(27)22-26;1-2-3-4-5-6-7-8-9-13(16)17-11-12(15)10-14/h24,26-27H,2-23H2,1H3;12,14-15H,2-11H2,1H3. The number of carbonyl (C=O) groups is 2. The molecule has 0 radical (unpaired) electrons. The lowest BCUT2D eigenvalue weighted by Crippen LogP contribution is -2.21. The molecule has 0 aliphatic rings. The molecule has 0 bridgehead atoms. The van der Waals surface area contributed by atoms with E-state index in [9.17, 15) is 9.59 Å². The van der Waals surface area contributed by atoms with Crippen LogP contribution in [0.15, 0.2) is 0 Å². The molecule has 0 spiro atoms. The molecule has 0 aromatic carbocycles. The Morgan fingerprint density at radius 1 is 0.413 bits per heavy atom. The fourth-order valence-corrected chi connectivity index (χ4v) is 5.20. The Labute approximate surface area is 283 Å². The maximum absolute atomic E-state index is 11.4. The van der Waals surface area contributed by atoms with Crippen molar-refractivity contribution in [3.8, 4) is 0 Å². The van der Waals surface area contributed by atoms with Crippen LogP contribution >= 0.6 is 0 Å². The van der Waals surface area contributed by atoms with Crippen LogP contribution in [0.1, 0.15) is 194 Å². The van der Waals surface area contributed by atoms with Crippen LogP contribution in [0.25, 0.3) is 0 Å². The number of ether oxygens (including phenoxy) is 2. The molecule has 276 valence electrons. The predicted octanol–water partition coefficient (Wildman–Crippen LogP) is 8.73. The summed E-state index contributed by atoms with van der Waals surface area (Å²) in [7, 11) is 0. The minimum Gasteiger partial charge on any atom is -0.463 e. The van der Waals surface area contributed by atoms with E-state index in [1.807, 2.05) is 0 Å². The number of aliphatic hydroxyl groups is 4. The van der Waals surface area contributed by atoms with Gasteiger partial charge in [-0.1, -0.05) is 168 Å². The van der Waals surface area contributed by atoms with Gasteiger partial charge in [0.25, 0.3) is 0 Å². The molecule has 0 amide bonds. The van der Waals surface area contributed by atoms with Crippen molar-refractivity contribution in [1.82, 2.24) is 0 Å². The average molecular weight is 661 g/mol. The number of unbranched alkanes of at least 4 members (excludes halogenated alkanes) is 24. The van der Waals surface area contributed by atoms with Crippen LogP contribution in [0, 0.1) is 0 Å². The van der Waals surface area contributed by atoms with Crippen LogP contribution in [0.5, 0.6) is 0 Å². The molecule has 0 heterocycles. The van der Waals surface area contributed by atoms with E-state index in [4.69, 9.17) is 29.9 Å². The summed E-state index contributed by atoms with van der Waals surface area (Å²) in [5.41, 5.74) is 0. The zero-order valence-corrected chi connectivity index (χ0v) is 30.2. The van der Waals surface area contributed by atoms with Gasteiger partial charge >= 0.3 is 11.9 Å². The van der Waals surface area contributed by atoms with E-state index >= 15 is 0 Å². The van der Waals surface area contributed by atoms with E-state index in [-0.39, 0.29) is 38.4 Å². The predicted molar refractivity (Wildman–Crippen MR) is 189 cm³/mol. The molecule has 2 atom stereocenters. The second-order valence-electron chi connectivity index (χ2n) is 13.0. The van der Waals surface area contributed by atoms with E-state index in [1.54, 1.807) is 0 Å². The number of carbonyl (C=O) groups excluding carboxylic acids is 2. The lowest BCUT2D eigenvalue weighted by Gasteiger charge is -2.08. The second kappa shape index (κ2) is 40.0. The summed E-state index contributed by atoms with van der Waals surface area (Å²) in [6.45, 7) is 3.52. The van der Waals surface area contributed by atoms with E-state index in [2.05, 4.69) is 13.8 Å². The topological polar surface area (TPSA) is 134 Å². The van der Waals surface area contributed by atoms with Crippen molar-refractivity contribution in [2.45, 2.75) is 206 Å². The molecule has 8 heteroatoms. The number of rotatable bonds is 34. The molecule has 4 N–H and O–H groups in total. The van der Waals surface area contributed by atoms with Crippen LogP contribution in [0.2, 0.25) is 0 Å². The molecule has 2 unspecified atom stereocenters. The molecule has 46 heavy (non-hydrogen) atoms. The maximum atomic E-state index is 11.4. The summed E-state index contributed by atoms with van der Waals surface area (Å²) >= 11 is 0. The summed E-state index contributed by atoms with van der Waals surface area (Å²) in [5.74, 6) is -0.560. The summed E-state index contributed by atoms with van der Waals surface area (Å²) in [5, 5.41) is 35.3.